The Morgan fingerprint density at radius 2 is 1.86 bits per heavy atom. The first-order chi connectivity index (χ1) is 9.99. The van der Waals surface area contributed by atoms with Gasteiger partial charge in [0.05, 0.1) is 14.2 Å². The van der Waals surface area contributed by atoms with Crippen LogP contribution in [0.1, 0.15) is 25.5 Å². The number of hydrogen-bond acceptors (Lipinski definition) is 5. The van der Waals surface area contributed by atoms with Gasteiger partial charge in [-0.25, -0.2) is 0 Å². The molecule has 1 saturated heterocycles. The van der Waals surface area contributed by atoms with Gasteiger partial charge in [0.1, 0.15) is 11.5 Å². The summed E-state index contributed by atoms with van der Waals surface area (Å²) in [5, 5.41) is 0. The third kappa shape index (κ3) is 4.05. The van der Waals surface area contributed by atoms with Crippen LogP contribution >= 0.6 is 11.8 Å². The van der Waals surface area contributed by atoms with Gasteiger partial charge in [-0.3, -0.25) is 4.90 Å². The minimum Gasteiger partial charge on any atom is -0.497 e. The van der Waals surface area contributed by atoms with Crippen LogP contribution < -0.4 is 15.2 Å². The summed E-state index contributed by atoms with van der Waals surface area (Å²) in [6, 6.07) is 6.23. The molecule has 2 rings (SSSR count). The minimum atomic E-state index is 0.203. The van der Waals surface area contributed by atoms with E-state index in [1.165, 1.54) is 0 Å². The second-order valence-corrected chi connectivity index (χ2v) is 7.78. The molecule has 0 aromatic heterocycles. The van der Waals surface area contributed by atoms with Gasteiger partial charge in [0.2, 0.25) is 0 Å². The van der Waals surface area contributed by atoms with E-state index in [9.17, 15) is 0 Å². The Morgan fingerprint density at radius 1 is 1.24 bits per heavy atom. The highest BCUT2D eigenvalue weighted by molar-refractivity contribution is 8.00. The largest absolute Gasteiger partial charge is 0.497 e. The molecule has 1 aliphatic heterocycles. The molecule has 21 heavy (non-hydrogen) atoms. The van der Waals surface area contributed by atoms with Crippen LogP contribution in [0.15, 0.2) is 18.2 Å². The zero-order chi connectivity index (χ0) is 15.5. The minimum absolute atomic E-state index is 0.203. The van der Waals surface area contributed by atoms with E-state index in [0.29, 0.717) is 6.54 Å². The highest BCUT2D eigenvalue weighted by Gasteiger charge is 2.31. The van der Waals surface area contributed by atoms with Gasteiger partial charge in [0.15, 0.2) is 0 Å². The van der Waals surface area contributed by atoms with Crippen molar-refractivity contribution in [1.29, 1.82) is 0 Å². The molecule has 1 aromatic carbocycles. The summed E-state index contributed by atoms with van der Waals surface area (Å²) < 4.78 is 11.0. The lowest BCUT2D eigenvalue weighted by atomic mass is 10.0. The monoisotopic (exact) mass is 310 g/mol. The number of hydrogen-bond donors (Lipinski definition) is 1. The number of nitrogens with zero attached hydrogens (tertiary/aromatic N) is 1. The average Bonchev–Trinajstić information content (AvgIpc) is 2.46. The molecule has 1 aliphatic rings. The van der Waals surface area contributed by atoms with Crippen LogP contribution in [0, 0.1) is 0 Å². The molecule has 1 aromatic rings. The maximum absolute atomic E-state index is 6.08. The Kier molecular flexibility index (Phi) is 5.41. The molecular weight excluding hydrogens is 284 g/mol. The summed E-state index contributed by atoms with van der Waals surface area (Å²) >= 11 is 2.03. The first-order valence-corrected chi connectivity index (χ1v) is 8.28. The van der Waals surface area contributed by atoms with Gasteiger partial charge in [-0.2, -0.15) is 11.8 Å². The summed E-state index contributed by atoms with van der Waals surface area (Å²) in [6.07, 6.45) is 0. The van der Waals surface area contributed by atoms with Crippen molar-refractivity contribution in [3.05, 3.63) is 23.8 Å². The van der Waals surface area contributed by atoms with Gasteiger partial charge in [-0.05, 0) is 31.5 Å². The van der Waals surface area contributed by atoms with E-state index in [1.54, 1.807) is 14.2 Å². The molecule has 0 saturated carbocycles. The van der Waals surface area contributed by atoms with Crippen molar-refractivity contribution >= 4 is 11.8 Å². The lowest BCUT2D eigenvalue weighted by Gasteiger charge is -2.41. The van der Waals surface area contributed by atoms with E-state index in [1.807, 2.05) is 17.8 Å². The fourth-order valence-electron chi connectivity index (χ4n) is 2.84. The fourth-order valence-corrected chi connectivity index (χ4v) is 3.97. The van der Waals surface area contributed by atoms with Crippen molar-refractivity contribution in [2.24, 2.45) is 5.73 Å². The Bertz CT molecular complexity index is 457. The van der Waals surface area contributed by atoms with E-state index in [4.69, 9.17) is 15.2 Å². The molecule has 0 spiro atoms. The summed E-state index contributed by atoms with van der Waals surface area (Å²) in [5.74, 6) is 2.77. The third-order valence-corrected chi connectivity index (χ3v) is 5.18. The quantitative estimate of drug-likeness (QED) is 0.905. The van der Waals surface area contributed by atoms with E-state index < -0.39 is 0 Å². The molecule has 1 fully saturated rings. The van der Waals surface area contributed by atoms with Crippen LogP contribution in [0.5, 0.6) is 11.5 Å². The average molecular weight is 310 g/mol. The van der Waals surface area contributed by atoms with Crippen molar-refractivity contribution in [1.82, 2.24) is 4.90 Å². The maximum Gasteiger partial charge on any atom is 0.122 e. The van der Waals surface area contributed by atoms with E-state index in [0.717, 1.165) is 35.9 Å². The smallest absolute Gasteiger partial charge is 0.122 e. The molecule has 0 radical (unpaired) electrons. The van der Waals surface area contributed by atoms with Crippen LogP contribution in [0.2, 0.25) is 0 Å². The lowest BCUT2D eigenvalue weighted by molar-refractivity contribution is 0.191. The summed E-state index contributed by atoms with van der Waals surface area (Å²) in [7, 11) is 3.35. The predicted octanol–water partition coefficient (Wildman–Crippen LogP) is 2.53. The van der Waals surface area contributed by atoms with Gasteiger partial charge in [0, 0.05) is 42.2 Å². The van der Waals surface area contributed by atoms with Gasteiger partial charge in [-0.15, -0.1) is 0 Å². The number of nitrogens with two attached hydrogens (primary N) is 1. The summed E-state index contributed by atoms with van der Waals surface area (Å²) in [4.78, 5) is 2.48. The van der Waals surface area contributed by atoms with E-state index >= 15 is 0 Å². The molecule has 4 nitrogen and oxygen atoms in total. The summed E-state index contributed by atoms with van der Waals surface area (Å²) in [6.45, 7) is 7.29. The number of ether oxygens (including phenoxy) is 2. The first kappa shape index (κ1) is 16.5. The van der Waals surface area contributed by atoms with Gasteiger partial charge >= 0.3 is 0 Å². The third-order valence-electron chi connectivity index (χ3n) is 3.88. The molecule has 0 bridgehead atoms. The first-order valence-electron chi connectivity index (χ1n) is 7.30. The Morgan fingerprint density at radius 3 is 2.33 bits per heavy atom. The van der Waals surface area contributed by atoms with Crippen LogP contribution in [0.25, 0.3) is 0 Å². The van der Waals surface area contributed by atoms with Crippen LogP contribution in [0.3, 0.4) is 0 Å². The second kappa shape index (κ2) is 6.90. The number of thioether (sulfide) groups is 1. The molecular formula is C16H26N2O2S. The van der Waals surface area contributed by atoms with Crippen LogP contribution in [0.4, 0.5) is 0 Å². The van der Waals surface area contributed by atoms with Gasteiger partial charge < -0.3 is 15.2 Å². The SMILES string of the molecule is COc1cc(OC)cc(C(CN)N2CCSC(C)(C)C2)c1. The van der Waals surface area contributed by atoms with Crippen molar-refractivity contribution in [3.63, 3.8) is 0 Å². The molecule has 1 heterocycles. The topological polar surface area (TPSA) is 47.7 Å². The number of benzene rings is 1. The molecule has 2 N–H and O–H groups in total. The molecule has 0 amide bonds. The van der Waals surface area contributed by atoms with E-state index in [-0.39, 0.29) is 10.8 Å². The van der Waals surface area contributed by atoms with Crippen molar-refractivity contribution < 1.29 is 9.47 Å². The Labute approximate surface area is 132 Å². The zero-order valence-electron chi connectivity index (χ0n) is 13.4. The number of methoxy groups -OCH3 is 2. The molecule has 5 heteroatoms. The highest BCUT2D eigenvalue weighted by Crippen LogP contribution is 2.35. The second-order valence-electron chi connectivity index (χ2n) is 5.98. The lowest BCUT2D eigenvalue weighted by Crippen LogP contribution is -2.46. The molecule has 118 valence electrons. The van der Waals surface area contributed by atoms with Crippen LogP contribution in [-0.2, 0) is 0 Å². The van der Waals surface area contributed by atoms with Gasteiger partial charge in [0.25, 0.3) is 0 Å². The predicted molar refractivity (Wildman–Crippen MR) is 89.5 cm³/mol. The maximum atomic E-state index is 6.08. The van der Waals surface area contributed by atoms with Crippen molar-refractivity contribution in [3.8, 4) is 11.5 Å². The Hall–Kier alpha value is -0.910. The highest BCUT2D eigenvalue weighted by atomic mass is 32.2. The summed E-state index contributed by atoms with van der Waals surface area (Å²) in [5.41, 5.74) is 7.24. The van der Waals surface area contributed by atoms with Crippen molar-refractivity contribution in [2.45, 2.75) is 24.6 Å². The standard InChI is InChI=1S/C16H26N2O2S/c1-16(2)11-18(5-6-21-16)15(10-17)12-7-13(19-3)9-14(8-12)20-4/h7-9,15H,5-6,10-11,17H2,1-4H3. The number of rotatable bonds is 5. The molecule has 1 atom stereocenters. The molecule has 0 aliphatic carbocycles. The van der Waals surface area contributed by atoms with Crippen molar-refractivity contribution in [2.75, 3.05) is 39.6 Å². The zero-order valence-corrected chi connectivity index (χ0v) is 14.2. The van der Waals surface area contributed by atoms with Gasteiger partial charge in [-0.1, -0.05) is 0 Å². The normalized spacial score (nSPS) is 20.0. The molecule has 1 unspecified atom stereocenters. The fraction of sp³-hybridized carbons (Fsp3) is 0.625. The van der Waals surface area contributed by atoms with E-state index in [2.05, 4.69) is 30.9 Å². The van der Waals surface area contributed by atoms with Crippen LogP contribution in [-0.4, -0.2) is 49.3 Å². The Balaban J connectivity index is 2.28.